The lowest BCUT2D eigenvalue weighted by molar-refractivity contribution is -0.384. The van der Waals surface area contributed by atoms with Gasteiger partial charge in [-0.05, 0) is 38.0 Å². The lowest BCUT2D eigenvalue weighted by atomic mass is 9.97. The van der Waals surface area contributed by atoms with Gasteiger partial charge >= 0.3 is 0 Å². The summed E-state index contributed by atoms with van der Waals surface area (Å²) in [6, 6.07) is 9.58. The number of aromatic nitrogens is 4. The quantitative estimate of drug-likeness (QED) is 0.510. The first-order valence-electron chi connectivity index (χ1n) is 9.65. The number of nitrogens with one attached hydrogen (secondary N) is 1. The molecule has 1 unspecified atom stereocenters. The van der Waals surface area contributed by atoms with Crippen molar-refractivity contribution in [2.75, 3.05) is 23.3 Å². The number of carbonyl (C=O) groups is 1. The second-order valence-electron chi connectivity index (χ2n) is 7.18. The third kappa shape index (κ3) is 4.12. The molecule has 1 N–H and O–H groups in total. The van der Waals surface area contributed by atoms with Crippen molar-refractivity contribution < 1.29 is 9.72 Å². The van der Waals surface area contributed by atoms with Crippen LogP contribution in [0, 0.1) is 23.0 Å². The third-order valence-electron chi connectivity index (χ3n) is 5.02. The number of carbonyl (C=O) groups excluding carboxylic acids is 1. The molecular formula is C20H21N7O3. The predicted molar refractivity (Wildman–Crippen MR) is 111 cm³/mol. The fourth-order valence-electron chi connectivity index (χ4n) is 3.56. The summed E-state index contributed by atoms with van der Waals surface area (Å²) in [4.78, 5) is 34.0. The Bertz CT molecular complexity index is 1050. The molecule has 1 amide bonds. The van der Waals surface area contributed by atoms with Crippen LogP contribution in [0.1, 0.15) is 18.5 Å². The fourth-order valence-corrected chi connectivity index (χ4v) is 3.56. The van der Waals surface area contributed by atoms with E-state index in [1.165, 1.54) is 12.1 Å². The normalized spacial score (nSPS) is 16.3. The topological polar surface area (TPSA) is 119 Å². The Hall–Kier alpha value is -3.82. The van der Waals surface area contributed by atoms with Crippen molar-refractivity contribution in [2.45, 2.75) is 19.8 Å². The molecule has 0 aliphatic carbocycles. The molecule has 1 aliphatic rings. The van der Waals surface area contributed by atoms with Crippen LogP contribution in [-0.2, 0) is 4.79 Å². The number of nitro benzene ring substituents is 1. The van der Waals surface area contributed by atoms with E-state index in [4.69, 9.17) is 0 Å². The SMILES string of the molecule is Cc1cc(NC(=O)C2CCCN(c3ncccn3)C2)n(-c2ccc([N+](=O)[O-])cc2)n1. The van der Waals surface area contributed by atoms with Gasteiger partial charge in [0.1, 0.15) is 5.82 Å². The Morgan fingerprint density at radius 2 is 1.97 bits per heavy atom. The van der Waals surface area contributed by atoms with Crippen molar-refractivity contribution in [3.63, 3.8) is 0 Å². The second kappa shape index (κ2) is 8.27. The third-order valence-corrected chi connectivity index (χ3v) is 5.02. The molecule has 10 nitrogen and oxygen atoms in total. The van der Waals surface area contributed by atoms with Gasteiger partial charge in [-0.2, -0.15) is 5.10 Å². The molecule has 1 aromatic carbocycles. The van der Waals surface area contributed by atoms with Gasteiger partial charge in [0, 0.05) is 43.7 Å². The highest BCUT2D eigenvalue weighted by molar-refractivity contribution is 5.92. The summed E-state index contributed by atoms with van der Waals surface area (Å²) in [5.74, 6) is 0.850. The van der Waals surface area contributed by atoms with Crippen LogP contribution in [0.2, 0.25) is 0 Å². The maximum atomic E-state index is 13.0. The van der Waals surface area contributed by atoms with Crippen LogP contribution in [0.5, 0.6) is 0 Å². The van der Waals surface area contributed by atoms with E-state index in [1.54, 1.807) is 41.3 Å². The molecule has 0 bridgehead atoms. The average molecular weight is 407 g/mol. The summed E-state index contributed by atoms with van der Waals surface area (Å²) in [5.41, 5.74) is 1.36. The van der Waals surface area contributed by atoms with Gasteiger partial charge in [0.15, 0.2) is 0 Å². The van der Waals surface area contributed by atoms with E-state index in [2.05, 4.69) is 20.4 Å². The maximum Gasteiger partial charge on any atom is 0.269 e. The van der Waals surface area contributed by atoms with Gasteiger partial charge in [-0.3, -0.25) is 14.9 Å². The molecule has 1 saturated heterocycles. The van der Waals surface area contributed by atoms with Crippen molar-refractivity contribution in [2.24, 2.45) is 5.92 Å². The van der Waals surface area contributed by atoms with Crippen molar-refractivity contribution in [1.82, 2.24) is 19.7 Å². The Morgan fingerprint density at radius 3 is 2.67 bits per heavy atom. The van der Waals surface area contributed by atoms with Crippen LogP contribution in [0.3, 0.4) is 0 Å². The summed E-state index contributed by atoms with van der Waals surface area (Å²) in [7, 11) is 0. The zero-order chi connectivity index (χ0) is 21.1. The molecule has 10 heteroatoms. The van der Waals surface area contributed by atoms with Crippen molar-refractivity contribution >= 4 is 23.4 Å². The summed E-state index contributed by atoms with van der Waals surface area (Å²) in [6.45, 7) is 3.18. The summed E-state index contributed by atoms with van der Waals surface area (Å²) < 4.78 is 1.58. The number of anilines is 2. The molecule has 3 heterocycles. The first kappa shape index (κ1) is 19.5. The molecular weight excluding hydrogens is 386 g/mol. The first-order chi connectivity index (χ1) is 14.5. The van der Waals surface area contributed by atoms with Crippen LogP contribution in [0.4, 0.5) is 17.5 Å². The van der Waals surface area contributed by atoms with Crippen LogP contribution < -0.4 is 10.2 Å². The number of hydrogen-bond acceptors (Lipinski definition) is 7. The maximum absolute atomic E-state index is 13.0. The summed E-state index contributed by atoms with van der Waals surface area (Å²) >= 11 is 0. The number of nitro groups is 1. The van der Waals surface area contributed by atoms with Crippen LogP contribution >= 0.6 is 0 Å². The highest BCUT2D eigenvalue weighted by atomic mass is 16.6. The minimum Gasteiger partial charge on any atom is -0.340 e. The second-order valence-corrected chi connectivity index (χ2v) is 7.18. The molecule has 2 aromatic heterocycles. The Balaban J connectivity index is 1.50. The van der Waals surface area contributed by atoms with Gasteiger partial charge < -0.3 is 10.2 Å². The number of non-ortho nitro benzene ring substituents is 1. The molecule has 4 rings (SSSR count). The molecule has 30 heavy (non-hydrogen) atoms. The lowest BCUT2D eigenvalue weighted by Gasteiger charge is -2.31. The van der Waals surface area contributed by atoms with E-state index < -0.39 is 4.92 Å². The van der Waals surface area contributed by atoms with E-state index >= 15 is 0 Å². The molecule has 1 atom stereocenters. The smallest absolute Gasteiger partial charge is 0.269 e. The summed E-state index contributed by atoms with van der Waals surface area (Å²) in [5, 5.41) is 18.3. The van der Waals surface area contributed by atoms with E-state index in [-0.39, 0.29) is 17.5 Å². The predicted octanol–water partition coefficient (Wildman–Crippen LogP) is 2.73. The monoisotopic (exact) mass is 407 g/mol. The largest absolute Gasteiger partial charge is 0.340 e. The van der Waals surface area contributed by atoms with E-state index in [0.717, 1.165) is 25.1 Å². The standard InChI is InChI=1S/C20H21N7O3/c1-14-12-18(26(24-14)16-5-7-17(8-6-16)27(29)30)23-19(28)15-4-2-11-25(13-15)20-21-9-3-10-22-20/h3,5-10,12,15H,2,4,11,13H2,1H3,(H,23,28). The van der Waals surface area contributed by atoms with E-state index in [0.29, 0.717) is 24.0 Å². The molecule has 3 aromatic rings. The van der Waals surface area contributed by atoms with Gasteiger partial charge in [-0.15, -0.1) is 0 Å². The molecule has 1 aliphatic heterocycles. The zero-order valence-corrected chi connectivity index (χ0v) is 16.4. The zero-order valence-electron chi connectivity index (χ0n) is 16.4. The molecule has 0 spiro atoms. The molecule has 0 saturated carbocycles. The Labute approximate surface area is 172 Å². The van der Waals surface area contributed by atoms with Gasteiger partial charge in [-0.25, -0.2) is 14.6 Å². The molecule has 154 valence electrons. The van der Waals surface area contributed by atoms with E-state index in [9.17, 15) is 14.9 Å². The number of nitrogens with zero attached hydrogens (tertiary/aromatic N) is 6. The van der Waals surface area contributed by atoms with Crippen molar-refractivity contribution in [1.29, 1.82) is 0 Å². The van der Waals surface area contributed by atoms with E-state index in [1.807, 2.05) is 11.8 Å². The van der Waals surface area contributed by atoms with Gasteiger partial charge in [0.25, 0.3) is 5.69 Å². The van der Waals surface area contributed by atoms with Crippen molar-refractivity contribution in [3.8, 4) is 5.69 Å². The highest BCUT2D eigenvalue weighted by Gasteiger charge is 2.28. The van der Waals surface area contributed by atoms with Gasteiger partial charge in [0.05, 0.1) is 22.2 Å². The number of benzene rings is 1. The van der Waals surface area contributed by atoms with Gasteiger partial charge in [-0.1, -0.05) is 0 Å². The molecule has 0 radical (unpaired) electrons. The first-order valence-corrected chi connectivity index (χ1v) is 9.65. The Kier molecular flexibility index (Phi) is 5.38. The summed E-state index contributed by atoms with van der Waals surface area (Å²) in [6.07, 6.45) is 5.03. The minimum atomic E-state index is -0.452. The molecule has 1 fully saturated rings. The van der Waals surface area contributed by atoms with Crippen LogP contribution in [0.25, 0.3) is 5.69 Å². The number of piperidine rings is 1. The van der Waals surface area contributed by atoms with Crippen LogP contribution in [0.15, 0.2) is 48.8 Å². The highest BCUT2D eigenvalue weighted by Crippen LogP contribution is 2.24. The average Bonchev–Trinajstić information content (AvgIpc) is 3.14. The Morgan fingerprint density at radius 1 is 1.23 bits per heavy atom. The number of rotatable bonds is 5. The van der Waals surface area contributed by atoms with Crippen LogP contribution in [-0.4, -0.2) is 43.7 Å². The minimum absolute atomic E-state index is 0.00126. The fraction of sp³-hybridized carbons (Fsp3) is 0.300. The van der Waals surface area contributed by atoms with Gasteiger partial charge in [0.2, 0.25) is 11.9 Å². The lowest BCUT2D eigenvalue weighted by Crippen LogP contribution is -2.41. The number of hydrogen-bond donors (Lipinski definition) is 1. The van der Waals surface area contributed by atoms with Crippen molar-refractivity contribution in [3.05, 3.63) is 64.6 Å². The number of amides is 1. The number of aryl methyl sites for hydroxylation is 1.